The molecule has 2 rings (SSSR count). The molecule has 0 amide bonds. The number of hydrogen-bond acceptors (Lipinski definition) is 4. The summed E-state index contributed by atoms with van der Waals surface area (Å²) in [5, 5.41) is 9.54. The molecule has 2 atom stereocenters. The van der Waals surface area contributed by atoms with Crippen molar-refractivity contribution in [2.45, 2.75) is 32.2 Å². The average molecular weight is 238 g/mol. The highest BCUT2D eigenvalue weighted by atomic mass is 16.7. The molecule has 0 spiro atoms. The van der Waals surface area contributed by atoms with Gasteiger partial charge in [-0.25, -0.2) is 0 Å². The minimum Gasteiger partial charge on any atom is -0.493 e. The van der Waals surface area contributed by atoms with Crippen molar-refractivity contribution >= 4 is 0 Å². The smallest absolute Gasteiger partial charge is 0.200 e. The first kappa shape index (κ1) is 12.2. The van der Waals surface area contributed by atoms with E-state index < -0.39 is 6.10 Å². The van der Waals surface area contributed by atoms with Crippen LogP contribution in [0.25, 0.3) is 0 Å². The van der Waals surface area contributed by atoms with Crippen molar-refractivity contribution in [3.05, 3.63) is 23.8 Å². The number of aliphatic hydroxyl groups is 1. The Morgan fingerprint density at radius 1 is 1.41 bits per heavy atom. The van der Waals surface area contributed by atoms with Crippen molar-refractivity contribution in [1.29, 1.82) is 0 Å². The van der Waals surface area contributed by atoms with Crippen LogP contribution in [0.2, 0.25) is 0 Å². The van der Waals surface area contributed by atoms with Gasteiger partial charge in [-0.2, -0.15) is 0 Å². The second-order valence-electron chi connectivity index (χ2n) is 4.15. The first-order valence-electron chi connectivity index (χ1n) is 5.85. The molecule has 0 aliphatic carbocycles. The summed E-state index contributed by atoms with van der Waals surface area (Å²) in [5.74, 6) is 1.28. The van der Waals surface area contributed by atoms with E-state index in [-0.39, 0.29) is 6.29 Å². The van der Waals surface area contributed by atoms with E-state index in [0.717, 1.165) is 25.0 Å². The van der Waals surface area contributed by atoms with E-state index in [4.69, 9.17) is 14.2 Å². The topological polar surface area (TPSA) is 47.9 Å². The van der Waals surface area contributed by atoms with Gasteiger partial charge in [-0.3, -0.25) is 0 Å². The van der Waals surface area contributed by atoms with E-state index in [1.54, 1.807) is 26.2 Å². The Morgan fingerprint density at radius 3 is 2.82 bits per heavy atom. The van der Waals surface area contributed by atoms with Gasteiger partial charge in [0.1, 0.15) is 0 Å². The quantitative estimate of drug-likeness (QED) is 0.874. The van der Waals surface area contributed by atoms with Crippen LogP contribution in [0, 0.1) is 0 Å². The summed E-state index contributed by atoms with van der Waals surface area (Å²) < 4.78 is 16.4. The van der Waals surface area contributed by atoms with E-state index in [2.05, 4.69) is 0 Å². The van der Waals surface area contributed by atoms with E-state index in [1.165, 1.54) is 0 Å². The summed E-state index contributed by atoms with van der Waals surface area (Å²) in [6, 6.07) is 5.42. The summed E-state index contributed by atoms with van der Waals surface area (Å²) in [5.41, 5.74) is 0.804. The Morgan fingerprint density at radius 2 is 2.24 bits per heavy atom. The Hall–Kier alpha value is -1.26. The van der Waals surface area contributed by atoms with E-state index >= 15 is 0 Å². The molecular formula is C13H18O4. The monoisotopic (exact) mass is 238 g/mol. The van der Waals surface area contributed by atoms with Gasteiger partial charge >= 0.3 is 0 Å². The van der Waals surface area contributed by atoms with Crippen molar-refractivity contribution in [3.8, 4) is 11.5 Å². The molecule has 0 saturated carbocycles. The van der Waals surface area contributed by atoms with Gasteiger partial charge in [-0.1, -0.05) is 6.07 Å². The third-order valence-corrected chi connectivity index (χ3v) is 2.82. The minimum absolute atomic E-state index is 0.201. The fourth-order valence-electron chi connectivity index (χ4n) is 1.83. The van der Waals surface area contributed by atoms with Gasteiger partial charge in [0.2, 0.25) is 0 Å². The van der Waals surface area contributed by atoms with Crippen molar-refractivity contribution < 1.29 is 19.3 Å². The second kappa shape index (κ2) is 5.38. The van der Waals surface area contributed by atoms with Gasteiger partial charge in [-0.05, 0) is 31.0 Å². The van der Waals surface area contributed by atoms with Gasteiger partial charge in [0.15, 0.2) is 17.8 Å². The molecule has 94 valence electrons. The van der Waals surface area contributed by atoms with Crippen molar-refractivity contribution in [3.63, 3.8) is 0 Å². The van der Waals surface area contributed by atoms with Crippen LogP contribution in [0.5, 0.6) is 11.5 Å². The van der Waals surface area contributed by atoms with Crippen LogP contribution in [0.3, 0.4) is 0 Å². The van der Waals surface area contributed by atoms with Crippen LogP contribution < -0.4 is 9.47 Å². The third kappa shape index (κ3) is 2.90. The lowest BCUT2D eigenvalue weighted by Crippen LogP contribution is -2.14. The predicted molar refractivity (Wildman–Crippen MR) is 63.2 cm³/mol. The van der Waals surface area contributed by atoms with Crippen LogP contribution >= 0.6 is 0 Å². The molecule has 1 heterocycles. The molecule has 4 heteroatoms. The molecule has 1 saturated heterocycles. The molecule has 1 aliphatic heterocycles. The van der Waals surface area contributed by atoms with Crippen LogP contribution in [0.4, 0.5) is 0 Å². The van der Waals surface area contributed by atoms with Gasteiger partial charge < -0.3 is 19.3 Å². The van der Waals surface area contributed by atoms with Gasteiger partial charge in [0.05, 0.1) is 19.8 Å². The Labute approximate surface area is 101 Å². The fraction of sp³-hybridized carbons (Fsp3) is 0.538. The molecule has 1 fully saturated rings. The summed E-state index contributed by atoms with van der Waals surface area (Å²) in [7, 11) is 1.60. The highest BCUT2D eigenvalue weighted by molar-refractivity contribution is 5.43. The molecule has 0 radical (unpaired) electrons. The summed E-state index contributed by atoms with van der Waals surface area (Å²) in [6.45, 7) is 2.46. The zero-order valence-electron chi connectivity index (χ0n) is 10.2. The maximum Gasteiger partial charge on any atom is 0.200 e. The summed E-state index contributed by atoms with van der Waals surface area (Å²) >= 11 is 0. The predicted octanol–water partition coefficient (Wildman–Crippen LogP) is 2.26. The van der Waals surface area contributed by atoms with Crippen molar-refractivity contribution in [1.82, 2.24) is 0 Å². The second-order valence-corrected chi connectivity index (χ2v) is 4.15. The highest BCUT2D eigenvalue weighted by Gasteiger charge is 2.19. The highest BCUT2D eigenvalue weighted by Crippen LogP contribution is 2.32. The standard InChI is InChI=1S/C13H18O4/c1-9(14)10-5-6-11(15-2)12(8-10)17-13-4-3-7-16-13/h5-6,8-9,13-14H,3-4,7H2,1-2H3. The van der Waals surface area contributed by atoms with Gasteiger partial charge in [0.25, 0.3) is 0 Å². The largest absolute Gasteiger partial charge is 0.493 e. The molecule has 17 heavy (non-hydrogen) atoms. The minimum atomic E-state index is -0.521. The number of ether oxygens (including phenoxy) is 3. The number of rotatable bonds is 4. The molecule has 0 aromatic heterocycles. The SMILES string of the molecule is COc1ccc(C(C)O)cc1OC1CCCO1. The number of aliphatic hydroxyl groups excluding tert-OH is 1. The summed E-state index contributed by atoms with van der Waals surface area (Å²) in [6.07, 6.45) is 1.19. The lowest BCUT2D eigenvalue weighted by Gasteiger charge is -2.17. The van der Waals surface area contributed by atoms with E-state index in [9.17, 15) is 5.11 Å². The first-order chi connectivity index (χ1) is 8.20. The molecule has 2 unspecified atom stereocenters. The van der Waals surface area contributed by atoms with Crippen LogP contribution in [0.1, 0.15) is 31.4 Å². The normalized spacial score (nSPS) is 21.2. The molecule has 1 N–H and O–H groups in total. The molecule has 1 aromatic carbocycles. The van der Waals surface area contributed by atoms with Crippen LogP contribution in [-0.2, 0) is 4.74 Å². The Kier molecular flexibility index (Phi) is 3.86. The zero-order valence-corrected chi connectivity index (χ0v) is 10.2. The van der Waals surface area contributed by atoms with Crippen LogP contribution in [0.15, 0.2) is 18.2 Å². The van der Waals surface area contributed by atoms with Gasteiger partial charge in [0, 0.05) is 6.42 Å². The number of hydrogen-bond donors (Lipinski definition) is 1. The Bertz CT molecular complexity index is 370. The molecule has 1 aromatic rings. The summed E-state index contributed by atoms with van der Waals surface area (Å²) in [4.78, 5) is 0. The third-order valence-electron chi connectivity index (χ3n) is 2.82. The molecule has 4 nitrogen and oxygen atoms in total. The van der Waals surface area contributed by atoms with Crippen molar-refractivity contribution in [2.75, 3.05) is 13.7 Å². The zero-order chi connectivity index (χ0) is 12.3. The van der Waals surface area contributed by atoms with Gasteiger partial charge in [-0.15, -0.1) is 0 Å². The van der Waals surface area contributed by atoms with E-state index in [0.29, 0.717) is 11.5 Å². The van der Waals surface area contributed by atoms with Crippen molar-refractivity contribution in [2.24, 2.45) is 0 Å². The first-order valence-corrected chi connectivity index (χ1v) is 5.85. The average Bonchev–Trinajstić information content (AvgIpc) is 2.81. The molecule has 1 aliphatic rings. The maximum atomic E-state index is 9.54. The number of benzene rings is 1. The number of methoxy groups -OCH3 is 1. The van der Waals surface area contributed by atoms with Crippen LogP contribution in [-0.4, -0.2) is 25.1 Å². The van der Waals surface area contributed by atoms with E-state index in [1.807, 2.05) is 6.07 Å². The lowest BCUT2D eigenvalue weighted by molar-refractivity contribution is -0.0403. The fourth-order valence-corrected chi connectivity index (χ4v) is 1.83. The molecular weight excluding hydrogens is 220 g/mol. The molecule has 0 bridgehead atoms. The Balaban J connectivity index is 2.19. The maximum absolute atomic E-state index is 9.54. The lowest BCUT2D eigenvalue weighted by atomic mass is 10.1.